The van der Waals surface area contributed by atoms with Crippen molar-refractivity contribution in [3.63, 3.8) is 0 Å². The highest BCUT2D eigenvalue weighted by molar-refractivity contribution is 9.11. The zero-order valence-corrected chi connectivity index (χ0v) is 14.3. The molecule has 2 unspecified atom stereocenters. The van der Waals surface area contributed by atoms with Crippen LogP contribution in [-0.4, -0.2) is 31.4 Å². The maximum Gasteiger partial charge on any atom is 0.253 e. The summed E-state index contributed by atoms with van der Waals surface area (Å²) in [5, 5.41) is 0. The first kappa shape index (κ1) is 15.4. The van der Waals surface area contributed by atoms with Gasteiger partial charge in [-0.05, 0) is 54.2 Å². The lowest BCUT2D eigenvalue weighted by Gasteiger charge is -2.38. The van der Waals surface area contributed by atoms with E-state index in [1.165, 1.54) is 11.3 Å². The van der Waals surface area contributed by atoms with Gasteiger partial charge in [0.15, 0.2) is 0 Å². The quantitative estimate of drug-likeness (QED) is 0.894. The summed E-state index contributed by atoms with van der Waals surface area (Å²) >= 11 is 4.67. The highest BCUT2D eigenvalue weighted by Crippen LogP contribution is 2.36. The molecule has 1 aromatic heterocycles. The molecule has 1 aliphatic rings. The number of sulfonamides is 1. The summed E-state index contributed by atoms with van der Waals surface area (Å²) in [5.41, 5.74) is 6.71. The van der Waals surface area contributed by atoms with Gasteiger partial charge >= 0.3 is 0 Å². The van der Waals surface area contributed by atoms with Gasteiger partial charge in [-0.25, -0.2) is 8.42 Å². The van der Waals surface area contributed by atoms with Crippen LogP contribution in [0.25, 0.3) is 0 Å². The van der Waals surface area contributed by atoms with E-state index in [9.17, 15) is 8.42 Å². The van der Waals surface area contributed by atoms with Crippen molar-refractivity contribution in [1.29, 1.82) is 0 Å². The average molecular weight is 367 g/mol. The number of nitrogens with two attached hydrogens (primary N) is 1. The second-order valence-electron chi connectivity index (χ2n) is 5.03. The summed E-state index contributed by atoms with van der Waals surface area (Å²) < 4.78 is 28.5. The number of halogens is 1. The van der Waals surface area contributed by atoms with Crippen molar-refractivity contribution < 1.29 is 8.42 Å². The van der Waals surface area contributed by atoms with Gasteiger partial charge in [0, 0.05) is 18.6 Å². The third kappa shape index (κ3) is 2.90. The Balaban J connectivity index is 2.41. The molecule has 4 nitrogen and oxygen atoms in total. The van der Waals surface area contributed by atoms with Crippen LogP contribution in [0.1, 0.15) is 31.7 Å². The smallest absolute Gasteiger partial charge is 0.253 e. The summed E-state index contributed by atoms with van der Waals surface area (Å²) in [6, 6.07) is 1.68. The molecule has 1 saturated heterocycles. The van der Waals surface area contributed by atoms with Gasteiger partial charge < -0.3 is 5.73 Å². The SMILES string of the molecule is Cc1cc(S(=O)(=O)N2C(C)CCCC2CN)sc1Br. The minimum absolute atomic E-state index is 0.0217. The molecule has 2 atom stereocenters. The van der Waals surface area contributed by atoms with Crippen molar-refractivity contribution in [2.24, 2.45) is 5.73 Å². The van der Waals surface area contributed by atoms with Crippen molar-refractivity contribution in [3.8, 4) is 0 Å². The lowest BCUT2D eigenvalue weighted by atomic mass is 10.00. The molecule has 0 aromatic carbocycles. The highest BCUT2D eigenvalue weighted by Gasteiger charge is 2.38. The normalized spacial score (nSPS) is 25.7. The topological polar surface area (TPSA) is 63.4 Å². The maximum atomic E-state index is 12.8. The number of nitrogens with zero attached hydrogens (tertiary/aromatic N) is 1. The second kappa shape index (κ2) is 5.81. The molecule has 1 fully saturated rings. The van der Waals surface area contributed by atoms with Gasteiger partial charge in [0.2, 0.25) is 0 Å². The molecule has 7 heteroatoms. The van der Waals surface area contributed by atoms with E-state index in [4.69, 9.17) is 5.73 Å². The molecule has 108 valence electrons. The van der Waals surface area contributed by atoms with E-state index < -0.39 is 10.0 Å². The van der Waals surface area contributed by atoms with E-state index >= 15 is 0 Å². The van der Waals surface area contributed by atoms with Crippen LogP contribution in [0.2, 0.25) is 0 Å². The molecule has 1 aliphatic heterocycles. The Hall–Kier alpha value is 0.0500. The van der Waals surface area contributed by atoms with E-state index in [1.807, 2.05) is 13.8 Å². The lowest BCUT2D eigenvalue weighted by molar-refractivity contribution is 0.196. The number of hydrogen-bond acceptors (Lipinski definition) is 4. The van der Waals surface area contributed by atoms with E-state index in [1.54, 1.807) is 10.4 Å². The Morgan fingerprint density at radius 3 is 2.74 bits per heavy atom. The molecule has 2 heterocycles. The van der Waals surface area contributed by atoms with Crippen LogP contribution in [0, 0.1) is 6.92 Å². The molecule has 2 rings (SSSR count). The fourth-order valence-corrected chi connectivity index (χ4v) is 6.80. The monoisotopic (exact) mass is 366 g/mol. The van der Waals surface area contributed by atoms with Gasteiger partial charge in [-0.2, -0.15) is 4.31 Å². The summed E-state index contributed by atoms with van der Waals surface area (Å²) in [7, 11) is -3.43. The zero-order valence-electron chi connectivity index (χ0n) is 11.1. The summed E-state index contributed by atoms with van der Waals surface area (Å²) in [4.78, 5) is 0. The van der Waals surface area contributed by atoms with E-state index in [0.717, 1.165) is 28.6 Å². The fraction of sp³-hybridized carbons (Fsp3) is 0.667. The predicted molar refractivity (Wildman–Crippen MR) is 81.9 cm³/mol. The summed E-state index contributed by atoms with van der Waals surface area (Å²) in [6.45, 7) is 4.25. The third-order valence-corrected chi connectivity index (χ3v) is 8.24. The minimum Gasteiger partial charge on any atom is -0.329 e. The van der Waals surface area contributed by atoms with Crippen molar-refractivity contribution >= 4 is 37.3 Å². The van der Waals surface area contributed by atoms with E-state index in [-0.39, 0.29) is 12.1 Å². The summed E-state index contributed by atoms with van der Waals surface area (Å²) in [5.74, 6) is 0. The molecular formula is C12H19BrN2O2S2. The van der Waals surface area contributed by atoms with Gasteiger partial charge in [-0.1, -0.05) is 6.42 Å². The molecule has 0 spiro atoms. The number of piperidine rings is 1. The molecule has 19 heavy (non-hydrogen) atoms. The van der Waals surface area contributed by atoms with Crippen LogP contribution >= 0.6 is 27.3 Å². The number of hydrogen-bond donors (Lipinski definition) is 1. The van der Waals surface area contributed by atoms with E-state index in [0.29, 0.717) is 10.8 Å². The van der Waals surface area contributed by atoms with Gasteiger partial charge in [0.1, 0.15) is 4.21 Å². The first-order valence-corrected chi connectivity index (χ1v) is 9.42. The summed E-state index contributed by atoms with van der Waals surface area (Å²) in [6.07, 6.45) is 2.80. The van der Waals surface area contributed by atoms with Crippen LogP contribution in [0.5, 0.6) is 0 Å². The Kier molecular flexibility index (Phi) is 4.72. The molecular weight excluding hydrogens is 348 g/mol. The van der Waals surface area contributed by atoms with Crippen LogP contribution in [-0.2, 0) is 10.0 Å². The zero-order chi connectivity index (χ0) is 14.2. The largest absolute Gasteiger partial charge is 0.329 e. The van der Waals surface area contributed by atoms with Crippen LogP contribution in [0.4, 0.5) is 0 Å². The first-order valence-electron chi connectivity index (χ1n) is 6.37. The average Bonchev–Trinajstić information content (AvgIpc) is 2.69. The van der Waals surface area contributed by atoms with Crippen LogP contribution < -0.4 is 5.73 Å². The molecule has 0 saturated carbocycles. The predicted octanol–water partition coefficient (Wildman–Crippen LogP) is 2.71. The molecule has 1 aromatic rings. The van der Waals surface area contributed by atoms with Gasteiger partial charge in [-0.15, -0.1) is 11.3 Å². The Labute approximate surface area is 127 Å². The lowest BCUT2D eigenvalue weighted by Crippen LogP contribution is -2.51. The fourth-order valence-electron chi connectivity index (χ4n) is 2.58. The third-order valence-electron chi connectivity index (χ3n) is 3.59. The first-order chi connectivity index (χ1) is 8.87. The van der Waals surface area contributed by atoms with Gasteiger partial charge in [-0.3, -0.25) is 0 Å². The highest BCUT2D eigenvalue weighted by atomic mass is 79.9. The van der Waals surface area contributed by atoms with E-state index in [2.05, 4.69) is 15.9 Å². The molecule has 0 amide bonds. The standard InChI is InChI=1S/C12H19BrN2O2S2/c1-8-6-11(18-12(8)13)19(16,17)15-9(2)4-3-5-10(15)7-14/h6,9-10H,3-5,7,14H2,1-2H3. The number of rotatable bonds is 3. The number of aryl methyl sites for hydroxylation is 1. The molecule has 0 radical (unpaired) electrons. The van der Waals surface area contributed by atoms with Crippen molar-refractivity contribution in [1.82, 2.24) is 4.31 Å². The molecule has 0 bridgehead atoms. The van der Waals surface area contributed by atoms with Gasteiger partial charge in [0.05, 0.1) is 3.79 Å². The maximum absolute atomic E-state index is 12.8. The number of thiophene rings is 1. The second-order valence-corrected chi connectivity index (χ2v) is 9.47. The van der Waals surface area contributed by atoms with Crippen molar-refractivity contribution in [2.45, 2.75) is 49.4 Å². The van der Waals surface area contributed by atoms with Gasteiger partial charge in [0.25, 0.3) is 10.0 Å². The Morgan fingerprint density at radius 2 is 2.21 bits per heavy atom. The minimum atomic E-state index is -3.43. The van der Waals surface area contributed by atoms with Crippen LogP contribution in [0.3, 0.4) is 0 Å². The van der Waals surface area contributed by atoms with Crippen LogP contribution in [0.15, 0.2) is 14.1 Å². The van der Waals surface area contributed by atoms with Crippen molar-refractivity contribution in [2.75, 3.05) is 6.54 Å². The molecule has 2 N–H and O–H groups in total. The molecule has 0 aliphatic carbocycles. The Morgan fingerprint density at radius 1 is 1.53 bits per heavy atom. The Bertz CT molecular complexity index is 537. The van der Waals surface area contributed by atoms with Crippen molar-refractivity contribution in [3.05, 3.63) is 15.4 Å².